The van der Waals surface area contributed by atoms with Crippen LogP contribution >= 0.6 is 0 Å². The van der Waals surface area contributed by atoms with E-state index in [9.17, 15) is 9.59 Å². The monoisotopic (exact) mass is 261 g/mol. The van der Waals surface area contributed by atoms with Gasteiger partial charge in [0.15, 0.2) is 0 Å². The molecule has 1 fully saturated rings. The van der Waals surface area contributed by atoms with Crippen molar-refractivity contribution in [3.8, 4) is 0 Å². The van der Waals surface area contributed by atoms with E-state index in [1.165, 1.54) is 6.42 Å². The molecule has 102 valence electrons. The number of aromatic nitrogens is 1. The summed E-state index contributed by atoms with van der Waals surface area (Å²) >= 11 is 0. The number of nitrogens with zero attached hydrogens (tertiary/aromatic N) is 2. The lowest BCUT2D eigenvalue weighted by molar-refractivity contribution is -0.136. The molecule has 2 rings (SSSR count). The minimum Gasteiger partial charge on any atom is -0.352 e. The van der Waals surface area contributed by atoms with E-state index in [0.717, 1.165) is 31.5 Å². The van der Waals surface area contributed by atoms with Crippen LogP contribution in [-0.4, -0.2) is 34.8 Å². The van der Waals surface area contributed by atoms with Gasteiger partial charge in [-0.1, -0.05) is 0 Å². The number of piperidine rings is 1. The smallest absolute Gasteiger partial charge is 0.232 e. The number of carbonyl (C=O) groups excluding carboxylic acids is 2. The van der Waals surface area contributed by atoms with Crippen molar-refractivity contribution in [2.45, 2.75) is 32.2 Å². The number of pyridine rings is 1. The highest BCUT2D eigenvalue weighted by Gasteiger charge is 2.18. The zero-order valence-corrected chi connectivity index (χ0v) is 11.0. The van der Waals surface area contributed by atoms with Gasteiger partial charge in [0.25, 0.3) is 0 Å². The molecule has 5 heteroatoms. The summed E-state index contributed by atoms with van der Waals surface area (Å²) in [6.45, 7) is 2.02. The van der Waals surface area contributed by atoms with Crippen LogP contribution in [-0.2, 0) is 16.1 Å². The minimum atomic E-state index is -0.215. The maximum Gasteiger partial charge on any atom is 0.232 e. The van der Waals surface area contributed by atoms with Crippen molar-refractivity contribution >= 4 is 11.8 Å². The van der Waals surface area contributed by atoms with Crippen molar-refractivity contribution < 1.29 is 9.59 Å². The Morgan fingerprint density at radius 1 is 1.16 bits per heavy atom. The van der Waals surface area contributed by atoms with Crippen molar-refractivity contribution in [3.05, 3.63) is 30.1 Å². The van der Waals surface area contributed by atoms with Gasteiger partial charge in [0.1, 0.15) is 6.42 Å². The first kappa shape index (κ1) is 13.5. The van der Waals surface area contributed by atoms with Crippen molar-refractivity contribution in [1.29, 1.82) is 0 Å². The van der Waals surface area contributed by atoms with Crippen LogP contribution in [0, 0.1) is 0 Å². The molecule has 1 aliphatic heterocycles. The van der Waals surface area contributed by atoms with Gasteiger partial charge in [-0.2, -0.15) is 0 Å². The Morgan fingerprint density at radius 2 is 1.84 bits per heavy atom. The first-order valence-corrected chi connectivity index (χ1v) is 6.69. The number of hydrogen-bond acceptors (Lipinski definition) is 3. The Kier molecular flexibility index (Phi) is 4.89. The molecule has 2 amide bonds. The third-order valence-corrected chi connectivity index (χ3v) is 3.26. The largest absolute Gasteiger partial charge is 0.352 e. The van der Waals surface area contributed by atoms with Crippen LogP contribution in [0.3, 0.4) is 0 Å². The third-order valence-electron chi connectivity index (χ3n) is 3.26. The molecular formula is C14H19N3O2. The molecule has 0 spiro atoms. The molecule has 0 bridgehead atoms. The molecule has 0 aliphatic carbocycles. The Balaban J connectivity index is 1.73. The standard InChI is InChI=1S/C14H19N3O2/c18-13(16-11-12-4-6-15-7-5-12)10-14(19)17-8-2-1-3-9-17/h4-7H,1-3,8-11H2,(H,16,18). The third kappa shape index (κ3) is 4.35. The Morgan fingerprint density at radius 3 is 2.53 bits per heavy atom. The van der Waals surface area contributed by atoms with Crippen molar-refractivity contribution in [3.63, 3.8) is 0 Å². The van der Waals surface area contributed by atoms with Gasteiger partial charge in [-0.05, 0) is 37.0 Å². The predicted octanol–water partition coefficient (Wildman–Crippen LogP) is 1.10. The van der Waals surface area contributed by atoms with Crippen molar-refractivity contribution in [2.24, 2.45) is 0 Å². The highest BCUT2D eigenvalue weighted by molar-refractivity contribution is 5.96. The van der Waals surface area contributed by atoms with Crippen molar-refractivity contribution in [1.82, 2.24) is 15.2 Å². The minimum absolute atomic E-state index is 0.0505. The molecule has 1 N–H and O–H groups in total. The molecule has 1 aromatic heterocycles. The highest BCUT2D eigenvalue weighted by atomic mass is 16.2. The first-order valence-electron chi connectivity index (χ1n) is 6.69. The van der Waals surface area contributed by atoms with Gasteiger partial charge in [-0.25, -0.2) is 0 Å². The van der Waals surface area contributed by atoms with E-state index in [1.807, 2.05) is 12.1 Å². The molecule has 1 aliphatic rings. The SMILES string of the molecule is O=C(CC(=O)N1CCCCC1)NCc1ccncc1. The van der Waals surface area contributed by atoms with Gasteiger partial charge in [-0.15, -0.1) is 0 Å². The van der Waals surface area contributed by atoms with Gasteiger partial charge in [0, 0.05) is 32.0 Å². The normalized spacial score (nSPS) is 15.1. The van der Waals surface area contributed by atoms with Gasteiger partial charge in [0.05, 0.1) is 0 Å². The Hall–Kier alpha value is -1.91. The number of nitrogens with one attached hydrogen (secondary N) is 1. The average Bonchev–Trinajstić information content (AvgIpc) is 2.47. The molecule has 0 saturated carbocycles. The molecule has 0 radical (unpaired) electrons. The lowest BCUT2D eigenvalue weighted by Crippen LogP contribution is -2.38. The second-order valence-corrected chi connectivity index (χ2v) is 4.75. The predicted molar refractivity (Wildman–Crippen MR) is 71.1 cm³/mol. The average molecular weight is 261 g/mol. The van der Waals surface area contributed by atoms with E-state index in [2.05, 4.69) is 10.3 Å². The summed E-state index contributed by atoms with van der Waals surface area (Å²) in [5, 5.41) is 2.75. The summed E-state index contributed by atoms with van der Waals surface area (Å²) < 4.78 is 0. The van der Waals surface area contributed by atoms with Crippen LogP contribution in [0.4, 0.5) is 0 Å². The van der Waals surface area contributed by atoms with Gasteiger partial charge in [0.2, 0.25) is 11.8 Å². The zero-order valence-electron chi connectivity index (χ0n) is 11.0. The van der Waals surface area contributed by atoms with Gasteiger partial charge >= 0.3 is 0 Å². The maximum absolute atomic E-state index is 11.9. The van der Waals surface area contributed by atoms with Crippen LogP contribution in [0.1, 0.15) is 31.2 Å². The number of amides is 2. The molecule has 0 aromatic carbocycles. The quantitative estimate of drug-likeness (QED) is 0.826. The van der Waals surface area contributed by atoms with Crippen LogP contribution in [0.2, 0.25) is 0 Å². The summed E-state index contributed by atoms with van der Waals surface area (Å²) in [5.41, 5.74) is 0.980. The number of rotatable bonds is 4. The molecule has 19 heavy (non-hydrogen) atoms. The van der Waals surface area contributed by atoms with Gasteiger partial charge in [-0.3, -0.25) is 14.6 Å². The maximum atomic E-state index is 11.9. The molecule has 5 nitrogen and oxygen atoms in total. The molecule has 1 aromatic rings. The van der Waals surface area contributed by atoms with E-state index in [-0.39, 0.29) is 18.2 Å². The van der Waals surface area contributed by atoms with Gasteiger partial charge < -0.3 is 10.2 Å². The molecule has 0 atom stereocenters. The summed E-state index contributed by atoms with van der Waals surface area (Å²) in [6.07, 6.45) is 6.58. The molecular weight excluding hydrogens is 242 g/mol. The lowest BCUT2D eigenvalue weighted by Gasteiger charge is -2.26. The second-order valence-electron chi connectivity index (χ2n) is 4.75. The second kappa shape index (κ2) is 6.87. The van der Waals surface area contributed by atoms with Crippen LogP contribution in [0.25, 0.3) is 0 Å². The lowest BCUT2D eigenvalue weighted by atomic mass is 10.1. The summed E-state index contributed by atoms with van der Waals surface area (Å²) in [5.74, 6) is -0.278. The number of carbonyl (C=O) groups is 2. The van der Waals surface area contributed by atoms with Crippen LogP contribution in [0.5, 0.6) is 0 Å². The molecule has 1 saturated heterocycles. The zero-order chi connectivity index (χ0) is 13.5. The van der Waals surface area contributed by atoms with Crippen LogP contribution in [0.15, 0.2) is 24.5 Å². The molecule has 2 heterocycles. The number of likely N-dealkylation sites (tertiary alicyclic amines) is 1. The van der Waals surface area contributed by atoms with Crippen LogP contribution < -0.4 is 5.32 Å². The fraction of sp³-hybridized carbons (Fsp3) is 0.500. The summed E-state index contributed by atoms with van der Waals surface area (Å²) in [7, 11) is 0. The first-order chi connectivity index (χ1) is 9.25. The van der Waals surface area contributed by atoms with E-state index in [1.54, 1.807) is 17.3 Å². The van der Waals surface area contributed by atoms with E-state index >= 15 is 0 Å². The fourth-order valence-corrected chi connectivity index (χ4v) is 2.16. The van der Waals surface area contributed by atoms with Crippen molar-refractivity contribution in [2.75, 3.05) is 13.1 Å². The Bertz CT molecular complexity index is 428. The van der Waals surface area contributed by atoms with E-state index in [4.69, 9.17) is 0 Å². The highest BCUT2D eigenvalue weighted by Crippen LogP contribution is 2.09. The summed E-state index contributed by atoms with van der Waals surface area (Å²) in [6, 6.07) is 3.68. The number of hydrogen-bond donors (Lipinski definition) is 1. The molecule has 0 unspecified atom stereocenters. The van der Waals surface area contributed by atoms with E-state index in [0.29, 0.717) is 6.54 Å². The Labute approximate surface area is 113 Å². The topological polar surface area (TPSA) is 62.3 Å². The van der Waals surface area contributed by atoms with E-state index < -0.39 is 0 Å². The summed E-state index contributed by atoms with van der Waals surface area (Å²) in [4.78, 5) is 29.3. The fourth-order valence-electron chi connectivity index (χ4n) is 2.16.